The molecule has 4 unspecified atom stereocenters. The lowest BCUT2D eigenvalue weighted by atomic mass is 9.98. The number of halogens is 1. The van der Waals surface area contributed by atoms with Crippen LogP contribution in [-0.4, -0.2) is 107 Å². The van der Waals surface area contributed by atoms with Crippen molar-refractivity contribution in [2.75, 3.05) is 39.9 Å². The summed E-state index contributed by atoms with van der Waals surface area (Å²) < 4.78 is 18.7. The van der Waals surface area contributed by atoms with Crippen molar-refractivity contribution < 1.29 is 44.2 Å². The molecule has 31 heavy (non-hydrogen) atoms. The Hall–Kier alpha value is -2.15. The molecule has 0 bridgehead atoms. The zero-order chi connectivity index (χ0) is 23.1. The van der Waals surface area contributed by atoms with Crippen LogP contribution in [0.15, 0.2) is 18.2 Å². The highest BCUT2D eigenvalue weighted by molar-refractivity contribution is 5.89. The van der Waals surface area contributed by atoms with E-state index in [9.17, 15) is 34.4 Å². The Morgan fingerprint density at radius 2 is 1.84 bits per heavy atom. The number of nitrogens with one attached hydrogen (secondary N) is 1. The van der Waals surface area contributed by atoms with Gasteiger partial charge in [-0.1, -0.05) is 6.07 Å². The van der Waals surface area contributed by atoms with Gasteiger partial charge in [0.1, 0.15) is 24.1 Å². The maximum Gasteiger partial charge on any atom is 0.337 e. The normalized spacial score (nSPS) is 18.1. The lowest BCUT2D eigenvalue weighted by Gasteiger charge is -2.39. The van der Waals surface area contributed by atoms with Crippen LogP contribution >= 0.6 is 0 Å². The first-order valence-electron chi connectivity index (χ1n) is 9.86. The molecule has 11 heteroatoms. The molecule has 0 radical (unpaired) electrons. The van der Waals surface area contributed by atoms with Crippen LogP contribution in [-0.2, 0) is 16.0 Å². The highest BCUT2D eigenvalue weighted by atomic mass is 19.1. The summed E-state index contributed by atoms with van der Waals surface area (Å²) in [5.74, 6) is -1.46. The van der Waals surface area contributed by atoms with Gasteiger partial charge in [-0.25, -0.2) is 9.18 Å². The van der Waals surface area contributed by atoms with Gasteiger partial charge >= 0.3 is 5.97 Å². The molecule has 0 spiro atoms. The molecule has 1 aliphatic heterocycles. The van der Waals surface area contributed by atoms with E-state index in [1.54, 1.807) is 4.90 Å². The number of ether oxygens (including phenoxy) is 1. The van der Waals surface area contributed by atoms with Crippen LogP contribution in [0.4, 0.5) is 4.39 Å². The number of esters is 1. The van der Waals surface area contributed by atoms with Crippen molar-refractivity contribution >= 4 is 11.9 Å². The minimum absolute atomic E-state index is 0.0570. The van der Waals surface area contributed by atoms with Crippen LogP contribution < -0.4 is 5.32 Å². The molecule has 0 aromatic heterocycles. The first-order chi connectivity index (χ1) is 14.7. The maximum absolute atomic E-state index is 14.1. The number of hydrogen-bond acceptors (Lipinski definition) is 9. The van der Waals surface area contributed by atoms with Gasteiger partial charge in [0.15, 0.2) is 0 Å². The van der Waals surface area contributed by atoms with Crippen LogP contribution in [0.3, 0.4) is 0 Å². The average molecular weight is 444 g/mol. The van der Waals surface area contributed by atoms with Crippen LogP contribution in [0.5, 0.6) is 0 Å². The molecule has 1 amide bonds. The molecule has 0 aliphatic carbocycles. The Labute approximate surface area is 178 Å². The number of rotatable bonds is 11. The zero-order valence-corrected chi connectivity index (χ0v) is 17.1. The number of amides is 1. The predicted octanol–water partition coefficient (Wildman–Crippen LogP) is -2.36. The molecule has 4 atom stereocenters. The van der Waals surface area contributed by atoms with Crippen molar-refractivity contribution in [3.8, 4) is 0 Å². The van der Waals surface area contributed by atoms with E-state index in [2.05, 4.69) is 10.1 Å². The molecule has 1 aromatic carbocycles. The number of carbonyl (C=O) groups excluding carboxylic acids is 2. The quantitative estimate of drug-likeness (QED) is 0.205. The third kappa shape index (κ3) is 6.66. The van der Waals surface area contributed by atoms with Gasteiger partial charge in [-0.3, -0.25) is 4.79 Å². The van der Waals surface area contributed by atoms with E-state index in [0.717, 1.165) is 6.07 Å². The Morgan fingerprint density at radius 1 is 1.19 bits per heavy atom. The summed E-state index contributed by atoms with van der Waals surface area (Å²) in [6.07, 6.45) is -6.36. The minimum Gasteiger partial charge on any atom is -0.465 e. The zero-order valence-electron chi connectivity index (χ0n) is 17.1. The molecule has 1 aromatic rings. The molecule has 0 saturated carbocycles. The van der Waals surface area contributed by atoms with E-state index in [0.29, 0.717) is 19.6 Å². The Morgan fingerprint density at radius 3 is 2.42 bits per heavy atom. The van der Waals surface area contributed by atoms with E-state index < -0.39 is 42.8 Å². The van der Waals surface area contributed by atoms with Gasteiger partial charge in [-0.05, 0) is 17.7 Å². The Bertz CT molecular complexity index is 759. The Kier molecular flexibility index (Phi) is 9.29. The van der Waals surface area contributed by atoms with Crippen molar-refractivity contribution in [1.82, 2.24) is 10.2 Å². The monoisotopic (exact) mass is 444 g/mol. The lowest BCUT2D eigenvalue weighted by Crippen LogP contribution is -2.55. The summed E-state index contributed by atoms with van der Waals surface area (Å²) in [6.45, 7) is 0.521. The molecular weight excluding hydrogens is 415 g/mol. The van der Waals surface area contributed by atoms with Gasteiger partial charge in [-0.2, -0.15) is 0 Å². The van der Waals surface area contributed by atoms with Crippen LogP contribution in [0, 0.1) is 11.7 Å². The van der Waals surface area contributed by atoms with Crippen LogP contribution in [0.1, 0.15) is 15.9 Å². The minimum atomic E-state index is -1.68. The van der Waals surface area contributed by atoms with Gasteiger partial charge in [0.2, 0.25) is 5.91 Å². The number of carbonyl (C=O) groups is 2. The van der Waals surface area contributed by atoms with Gasteiger partial charge in [0.25, 0.3) is 0 Å². The molecule has 1 saturated heterocycles. The number of aliphatic hydroxyl groups excluding tert-OH is 5. The smallest absolute Gasteiger partial charge is 0.337 e. The van der Waals surface area contributed by atoms with Crippen molar-refractivity contribution in [2.45, 2.75) is 30.8 Å². The third-order valence-electron chi connectivity index (χ3n) is 5.24. The second kappa shape index (κ2) is 11.5. The van der Waals surface area contributed by atoms with Crippen LogP contribution in [0.25, 0.3) is 0 Å². The number of benzene rings is 1. The first-order valence-corrected chi connectivity index (χ1v) is 9.86. The first kappa shape index (κ1) is 25.1. The standard InChI is InChI=1S/C20H29FN2O8/c1-31-20(30)13-3-2-12(14(21)4-13)5-17(27)23-8-11(9-23)6-22-7-15(25)18(28)19(29)16(26)10-24/h2-4,11,15-16,18-19,22,24-26,28-29H,5-10H2,1H3. The summed E-state index contributed by atoms with van der Waals surface area (Å²) in [5, 5.41) is 50.1. The van der Waals surface area contributed by atoms with Gasteiger partial charge in [-0.15, -0.1) is 0 Å². The molecule has 174 valence electrons. The van der Waals surface area contributed by atoms with E-state index in [1.807, 2.05) is 0 Å². The lowest BCUT2D eigenvalue weighted by molar-refractivity contribution is -0.136. The van der Waals surface area contributed by atoms with E-state index >= 15 is 0 Å². The maximum atomic E-state index is 14.1. The van der Waals surface area contributed by atoms with Gasteiger partial charge in [0.05, 0.1) is 31.8 Å². The van der Waals surface area contributed by atoms with Gasteiger partial charge < -0.3 is 40.5 Å². The number of aliphatic hydroxyl groups is 5. The van der Waals surface area contributed by atoms with Crippen molar-refractivity contribution in [3.05, 3.63) is 35.1 Å². The van der Waals surface area contributed by atoms with Crippen LogP contribution in [0.2, 0.25) is 0 Å². The highest BCUT2D eigenvalue weighted by Crippen LogP contribution is 2.18. The summed E-state index contributed by atoms with van der Waals surface area (Å²) >= 11 is 0. The summed E-state index contributed by atoms with van der Waals surface area (Å²) in [4.78, 5) is 25.3. The second-order valence-corrected chi connectivity index (χ2v) is 7.60. The van der Waals surface area contributed by atoms with E-state index in [1.165, 1.54) is 19.2 Å². The van der Waals surface area contributed by atoms with Crippen molar-refractivity contribution in [2.24, 2.45) is 5.92 Å². The molecule has 1 heterocycles. The molecule has 1 aliphatic rings. The fraction of sp³-hybridized carbons (Fsp3) is 0.600. The summed E-state index contributed by atoms with van der Waals surface area (Å²) in [5.41, 5.74) is 0.247. The number of hydrogen-bond donors (Lipinski definition) is 6. The molecular formula is C20H29FN2O8. The van der Waals surface area contributed by atoms with E-state index in [4.69, 9.17) is 5.11 Å². The molecule has 2 rings (SSSR count). The summed E-state index contributed by atoms with van der Waals surface area (Å²) in [6, 6.07) is 3.82. The third-order valence-corrected chi connectivity index (χ3v) is 5.24. The number of likely N-dealkylation sites (tertiary alicyclic amines) is 1. The largest absolute Gasteiger partial charge is 0.465 e. The fourth-order valence-corrected chi connectivity index (χ4v) is 3.23. The Balaban J connectivity index is 1.71. The fourth-order valence-electron chi connectivity index (χ4n) is 3.23. The second-order valence-electron chi connectivity index (χ2n) is 7.60. The highest BCUT2D eigenvalue weighted by Gasteiger charge is 2.32. The van der Waals surface area contributed by atoms with Gasteiger partial charge in [0, 0.05) is 32.1 Å². The number of nitrogens with zero attached hydrogens (tertiary/aromatic N) is 1. The topological polar surface area (TPSA) is 160 Å². The van der Waals surface area contributed by atoms with Crippen molar-refractivity contribution in [3.63, 3.8) is 0 Å². The summed E-state index contributed by atoms with van der Waals surface area (Å²) in [7, 11) is 1.20. The average Bonchev–Trinajstić information content (AvgIpc) is 2.73. The molecule has 10 nitrogen and oxygen atoms in total. The predicted molar refractivity (Wildman–Crippen MR) is 105 cm³/mol. The SMILES string of the molecule is COC(=O)c1ccc(CC(=O)N2CC(CNCC(O)C(O)C(O)C(O)CO)C2)c(F)c1. The number of methoxy groups -OCH3 is 1. The molecule has 6 N–H and O–H groups in total. The van der Waals surface area contributed by atoms with E-state index in [-0.39, 0.29) is 35.9 Å². The molecule has 1 fully saturated rings. The van der Waals surface area contributed by atoms with Crippen molar-refractivity contribution in [1.29, 1.82) is 0 Å².